The molecule has 122 valence electrons. The van der Waals surface area contributed by atoms with Crippen LogP contribution in [0.4, 0.5) is 0 Å². The second-order valence-corrected chi connectivity index (χ2v) is 7.92. The van der Waals surface area contributed by atoms with E-state index in [1.165, 1.54) is 57.8 Å². The molecule has 0 aromatic heterocycles. The Morgan fingerprint density at radius 1 is 0.545 bits per heavy atom. The topological polar surface area (TPSA) is 0 Å². The zero-order chi connectivity index (χ0) is 14.1. The first-order chi connectivity index (χ1) is 10.3. The van der Waals surface area contributed by atoms with Crippen molar-refractivity contribution in [2.24, 2.45) is 35.5 Å². The van der Waals surface area contributed by atoms with E-state index in [2.05, 4.69) is 36.5 Å². The minimum Gasteiger partial charge on any atom is -0.497 e. The average Bonchev–Trinajstić information content (AvgIpc) is 3.39. The first kappa shape index (κ1) is 16.8. The van der Waals surface area contributed by atoms with Gasteiger partial charge in [0.15, 0.2) is 0 Å². The molecule has 0 amide bonds. The molecule has 0 saturated heterocycles. The molecule has 0 spiro atoms. The van der Waals surface area contributed by atoms with Crippen molar-refractivity contribution in [2.75, 3.05) is 0 Å². The van der Waals surface area contributed by atoms with Crippen molar-refractivity contribution in [2.45, 2.75) is 57.8 Å². The van der Waals surface area contributed by atoms with Crippen molar-refractivity contribution in [3.8, 4) is 0 Å². The van der Waals surface area contributed by atoms with E-state index in [-0.39, 0.29) is 21.1 Å². The van der Waals surface area contributed by atoms with Crippen molar-refractivity contribution >= 4 is 0 Å². The standard InChI is InChI=1S/C7H10.2C7H9.Pt/c3*1-2-7-4-3-6(1)5-7;/h1-2,6-7H,3-5H2;2*1,6-7H,3-5H2;/q;2*-1;+2. The molecule has 0 aliphatic heterocycles. The summed E-state index contributed by atoms with van der Waals surface area (Å²) in [6.45, 7) is 0. The Labute approximate surface area is 150 Å². The molecule has 6 aliphatic rings. The average molecular weight is 476 g/mol. The predicted octanol–water partition coefficient (Wildman–Crippen LogP) is 5.52. The van der Waals surface area contributed by atoms with Crippen LogP contribution in [0, 0.1) is 47.7 Å². The van der Waals surface area contributed by atoms with Gasteiger partial charge in [0.25, 0.3) is 0 Å². The van der Waals surface area contributed by atoms with Crippen LogP contribution in [0.2, 0.25) is 0 Å². The van der Waals surface area contributed by atoms with Crippen LogP contribution < -0.4 is 0 Å². The van der Waals surface area contributed by atoms with E-state index in [4.69, 9.17) is 0 Å². The van der Waals surface area contributed by atoms with Gasteiger partial charge >= 0.3 is 21.1 Å². The third kappa shape index (κ3) is 4.05. The van der Waals surface area contributed by atoms with Crippen LogP contribution in [0.25, 0.3) is 0 Å². The molecule has 0 aromatic carbocycles. The van der Waals surface area contributed by atoms with Crippen molar-refractivity contribution in [1.29, 1.82) is 0 Å². The van der Waals surface area contributed by atoms with Gasteiger partial charge in [-0.1, -0.05) is 62.5 Å². The van der Waals surface area contributed by atoms with Gasteiger partial charge in [-0.05, 0) is 31.1 Å². The minimum atomic E-state index is 0. The number of rotatable bonds is 0. The van der Waals surface area contributed by atoms with Gasteiger partial charge in [-0.2, -0.15) is 11.8 Å². The van der Waals surface area contributed by atoms with Gasteiger partial charge < -0.3 is 12.2 Å². The molecule has 6 rings (SSSR count). The minimum absolute atomic E-state index is 0. The quantitative estimate of drug-likeness (QED) is 0.320. The maximum absolute atomic E-state index is 3.33. The van der Waals surface area contributed by atoms with Crippen molar-refractivity contribution < 1.29 is 21.1 Å². The molecular formula is C21H28Pt. The first-order valence-corrected chi connectivity index (χ1v) is 9.22. The summed E-state index contributed by atoms with van der Waals surface area (Å²) in [5, 5.41) is 0. The number of hydrogen-bond donors (Lipinski definition) is 0. The van der Waals surface area contributed by atoms with Crippen molar-refractivity contribution in [3.05, 3.63) is 36.5 Å². The van der Waals surface area contributed by atoms with Crippen LogP contribution in [-0.4, -0.2) is 0 Å². The Balaban J connectivity index is 0.0000000960. The van der Waals surface area contributed by atoms with Crippen LogP contribution in [0.15, 0.2) is 24.3 Å². The maximum Gasteiger partial charge on any atom is 2.00 e. The van der Waals surface area contributed by atoms with E-state index in [0.29, 0.717) is 0 Å². The molecule has 3 fully saturated rings. The normalized spacial score (nSPS) is 43.6. The van der Waals surface area contributed by atoms with Gasteiger partial charge in [-0.15, -0.1) is 0 Å². The molecule has 6 unspecified atom stereocenters. The molecule has 0 N–H and O–H groups in total. The molecule has 22 heavy (non-hydrogen) atoms. The van der Waals surface area contributed by atoms with E-state index in [9.17, 15) is 0 Å². The van der Waals surface area contributed by atoms with Crippen molar-refractivity contribution in [3.63, 3.8) is 0 Å². The first-order valence-electron chi connectivity index (χ1n) is 9.22. The fourth-order valence-electron chi connectivity index (χ4n) is 4.90. The fourth-order valence-corrected chi connectivity index (χ4v) is 4.90. The molecular weight excluding hydrogens is 447 g/mol. The van der Waals surface area contributed by atoms with Gasteiger partial charge in [0, 0.05) is 0 Å². The van der Waals surface area contributed by atoms with E-state index in [1.807, 2.05) is 0 Å². The number of hydrogen-bond acceptors (Lipinski definition) is 0. The monoisotopic (exact) mass is 475 g/mol. The Hall–Kier alpha value is -0.0917. The molecule has 0 heterocycles. The van der Waals surface area contributed by atoms with Crippen LogP contribution in [0.3, 0.4) is 0 Å². The number of allylic oxidation sites excluding steroid dienone is 6. The van der Waals surface area contributed by atoms with Crippen molar-refractivity contribution in [1.82, 2.24) is 0 Å². The largest absolute Gasteiger partial charge is 2.00 e. The molecule has 0 aromatic rings. The van der Waals surface area contributed by atoms with E-state index < -0.39 is 0 Å². The second-order valence-electron chi connectivity index (χ2n) is 7.92. The molecule has 3 saturated carbocycles. The Morgan fingerprint density at radius 2 is 1.00 bits per heavy atom. The maximum atomic E-state index is 3.33. The van der Waals surface area contributed by atoms with Gasteiger partial charge in [0.05, 0.1) is 0 Å². The Morgan fingerprint density at radius 3 is 1.09 bits per heavy atom. The summed E-state index contributed by atoms with van der Waals surface area (Å²) in [4.78, 5) is 0. The fraction of sp³-hybridized carbons (Fsp3) is 0.714. The Bertz CT molecular complexity index is 344. The third-order valence-electron chi connectivity index (χ3n) is 6.25. The summed E-state index contributed by atoms with van der Waals surface area (Å²) in [5.41, 5.74) is 0. The summed E-state index contributed by atoms with van der Waals surface area (Å²) in [6, 6.07) is 0. The Kier molecular flexibility index (Phi) is 5.83. The summed E-state index contributed by atoms with van der Waals surface area (Å²) in [6.07, 6.45) is 28.9. The number of fused-ring (bicyclic) bond motifs is 6. The zero-order valence-corrected chi connectivity index (χ0v) is 15.7. The summed E-state index contributed by atoms with van der Waals surface area (Å²) in [7, 11) is 0. The molecule has 6 aliphatic carbocycles. The van der Waals surface area contributed by atoms with Crippen LogP contribution in [0.5, 0.6) is 0 Å². The van der Waals surface area contributed by atoms with E-state index in [1.54, 1.807) is 0 Å². The van der Waals surface area contributed by atoms with E-state index in [0.717, 1.165) is 35.5 Å². The van der Waals surface area contributed by atoms with Gasteiger partial charge in [0.1, 0.15) is 0 Å². The molecule has 6 atom stereocenters. The summed E-state index contributed by atoms with van der Waals surface area (Å²) >= 11 is 0. The van der Waals surface area contributed by atoms with Gasteiger partial charge in [-0.25, -0.2) is 0 Å². The summed E-state index contributed by atoms with van der Waals surface area (Å²) in [5.74, 6) is 5.58. The van der Waals surface area contributed by atoms with E-state index >= 15 is 0 Å². The molecule has 0 radical (unpaired) electrons. The smallest absolute Gasteiger partial charge is 0.497 e. The second kappa shape index (κ2) is 7.65. The third-order valence-corrected chi connectivity index (χ3v) is 6.25. The van der Waals surface area contributed by atoms with Crippen LogP contribution >= 0.6 is 0 Å². The van der Waals surface area contributed by atoms with Crippen LogP contribution in [0.1, 0.15) is 57.8 Å². The van der Waals surface area contributed by atoms with Gasteiger partial charge in [0.2, 0.25) is 0 Å². The molecule has 6 bridgehead atoms. The SMILES string of the molecule is C1=CC2CCC1C2.[C-]1=CC2CCC1C2.[C-]1=CC2CCC1C2.[Pt+2]. The summed E-state index contributed by atoms with van der Waals surface area (Å²) < 4.78 is 0. The molecule has 0 nitrogen and oxygen atoms in total. The predicted molar refractivity (Wildman–Crippen MR) is 87.3 cm³/mol. The van der Waals surface area contributed by atoms with Crippen LogP contribution in [-0.2, 0) is 21.1 Å². The molecule has 1 heteroatoms. The van der Waals surface area contributed by atoms with Gasteiger partial charge in [-0.3, -0.25) is 12.2 Å². The zero-order valence-electron chi connectivity index (χ0n) is 13.5.